The Morgan fingerprint density at radius 2 is 1.92 bits per heavy atom. The predicted molar refractivity (Wildman–Crippen MR) is 47.8 cm³/mol. The zero-order valence-corrected chi connectivity index (χ0v) is 7.97. The average Bonchev–Trinajstić information content (AvgIpc) is 2.11. The molecule has 5 heteroatoms. The normalized spacial score (nSPS) is 11.6. The van der Waals surface area contributed by atoms with E-state index in [1.807, 2.05) is 0 Å². The number of rotatable bonds is 3. The first-order chi connectivity index (χ1) is 6.02. The van der Waals surface area contributed by atoms with Crippen molar-refractivity contribution >= 4 is 11.8 Å². The van der Waals surface area contributed by atoms with Gasteiger partial charge in [0.1, 0.15) is 11.5 Å². The van der Waals surface area contributed by atoms with Gasteiger partial charge in [0.15, 0.2) is 0 Å². The second-order valence-electron chi connectivity index (χ2n) is 2.44. The number of likely N-dealkylation sites (N-methyl/N-ethyl adjacent to an activating group) is 1. The first-order valence-electron chi connectivity index (χ1n) is 3.94. The van der Waals surface area contributed by atoms with Crippen LogP contribution in [0.1, 0.15) is 20.3 Å². The molecule has 0 saturated carbocycles. The third kappa shape index (κ3) is 3.59. The third-order valence-corrected chi connectivity index (χ3v) is 1.38. The molecule has 0 aromatic heterocycles. The molecule has 3 N–H and O–H groups in total. The van der Waals surface area contributed by atoms with Gasteiger partial charge < -0.3 is 15.7 Å². The van der Waals surface area contributed by atoms with Gasteiger partial charge in [-0.3, -0.25) is 9.59 Å². The maximum Gasteiger partial charge on any atom is 0.271 e. The maximum atomic E-state index is 11.1. The van der Waals surface area contributed by atoms with E-state index in [0.29, 0.717) is 6.42 Å². The number of hydrogen-bond donors (Lipinski definition) is 3. The van der Waals surface area contributed by atoms with Crippen LogP contribution >= 0.6 is 0 Å². The van der Waals surface area contributed by atoms with Crippen LogP contribution < -0.4 is 10.6 Å². The second kappa shape index (κ2) is 5.18. The van der Waals surface area contributed by atoms with E-state index in [0.717, 1.165) is 0 Å². The molecule has 74 valence electrons. The minimum Gasteiger partial charge on any atom is -0.510 e. The topological polar surface area (TPSA) is 78.4 Å². The molecule has 0 bridgehead atoms. The van der Waals surface area contributed by atoms with Crippen LogP contribution in [0.15, 0.2) is 11.5 Å². The molecule has 0 saturated heterocycles. The van der Waals surface area contributed by atoms with E-state index in [1.54, 1.807) is 6.92 Å². The molecule has 5 nitrogen and oxygen atoms in total. The SMILES string of the molecule is CC/C(O)=C(/NC(C)=O)C(=O)NC. The summed E-state index contributed by atoms with van der Waals surface area (Å²) in [6.07, 6.45) is 0.295. The molecular weight excluding hydrogens is 172 g/mol. The van der Waals surface area contributed by atoms with E-state index < -0.39 is 11.8 Å². The van der Waals surface area contributed by atoms with Crippen molar-refractivity contribution in [3.05, 3.63) is 11.5 Å². The van der Waals surface area contributed by atoms with Crippen molar-refractivity contribution in [1.29, 1.82) is 0 Å². The summed E-state index contributed by atoms with van der Waals surface area (Å²) in [6.45, 7) is 2.95. The van der Waals surface area contributed by atoms with Crippen molar-refractivity contribution in [3.8, 4) is 0 Å². The van der Waals surface area contributed by atoms with Crippen LogP contribution in [0.3, 0.4) is 0 Å². The minimum absolute atomic E-state index is 0.0856. The van der Waals surface area contributed by atoms with Gasteiger partial charge in [0.2, 0.25) is 5.91 Å². The van der Waals surface area contributed by atoms with Crippen molar-refractivity contribution in [2.24, 2.45) is 0 Å². The third-order valence-electron chi connectivity index (χ3n) is 1.38. The van der Waals surface area contributed by atoms with Gasteiger partial charge >= 0.3 is 0 Å². The molecule has 13 heavy (non-hydrogen) atoms. The first kappa shape index (κ1) is 11.5. The summed E-state index contributed by atoms with van der Waals surface area (Å²) in [5, 5.41) is 13.8. The van der Waals surface area contributed by atoms with E-state index in [-0.39, 0.29) is 11.5 Å². The Balaban J connectivity index is 4.75. The smallest absolute Gasteiger partial charge is 0.271 e. The Hall–Kier alpha value is -1.52. The van der Waals surface area contributed by atoms with Crippen LogP contribution in [-0.4, -0.2) is 24.0 Å². The summed E-state index contributed by atoms with van der Waals surface area (Å²) in [4.78, 5) is 21.8. The van der Waals surface area contributed by atoms with E-state index in [2.05, 4.69) is 10.6 Å². The molecule has 0 unspecified atom stereocenters. The van der Waals surface area contributed by atoms with Crippen LogP contribution in [-0.2, 0) is 9.59 Å². The Morgan fingerprint density at radius 1 is 1.38 bits per heavy atom. The molecule has 0 aromatic rings. The Kier molecular flexibility index (Phi) is 4.58. The molecule has 0 rings (SSSR count). The fourth-order valence-electron chi connectivity index (χ4n) is 0.738. The largest absolute Gasteiger partial charge is 0.510 e. The Morgan fingerprint density at radius 3 is 2.23 bits per heavy atom. The molecule has 0 fully saturated rings. The van der Waals surface area contributed by atoms with E-state index >= 15 is 0 Å². The highest BCUT2D eigenvalue weighted by atomic mass is 16.3. The lowest BCUT2D eigenvalue weighted by molar-refractivity contribution is -0.122. The van der Waals surface area contributed by atoms with Crippen LogP contribution in [0.25, 0.3) is 0 Å². The number of carbonyl (C=O) groups is 2. The number of aliphatic hydroxyl groups excluding tert-OH is 1. The summed E-state index contributed by atoms with van der Waals surface area (Å²) >= 11 is 0. The molecular formula is C8H14N2O3. The molecule has 0 aromatic carbocycles. The van der Waals surface area contributed by atoms with Crippen LogP contribution in [0.4, 0.5) is 0 Å². The summed E-state index contributed by atoms with van der Waals surface area (Å²) in [5.41, 5.74) is -0.0856. The number of amides is 2. The molecule has 2 amide bonds. The average molecular weight is 186 g/mol. The van der Waals surface area contributed by atoms with Crippen molar-refractivity contribution in [1.82, 2.24) is 10.6 Å². The predicted octanol–water partition coefficient (Wildman–Crippen LogP) is 0.0481. The molecule has 0 spiro atoms. The molecule has 0 atom stereocenters. The highest BCUT2D eigenvalue weighted by Gasteiger charge is 2.13. The Labute approximate surface area is 76.8 Å². The fraction of sp³-hybridized carbons (Fsp3) is 0.500. The number of nitrogens with one attached hydrogen (secondary N) is 2. The zero-order chi connectivity index (χ0) is 10.4. The molecule has 0 aliphatic rings. The van der Waals surface area contributed by atoms with E-state index in [9.17, 15) is 14.7 Å². The number of hydrogen-bond acceptors (Lipinski definition) is 3. The van der Waals surface area contributed by atoms with Crippen LogP contribution in [0, 0.1) is 0 Å². The quantitative estimate of drug-likeness (QED) is 0.430. The van der Waals surface area contributed by atoms with Gasteiger partial charge in [-0.05, 0) is 0 Å². The highest BCUT2D eigenvalue weighted by Crippen LogP contribution is 2.02. The summed E-state index contributed by atoms with van der Waals surface area (Å²) in [7, 11) is 1.42. The summed E-state index contributed by atoms with van der Waals surface area (Å²) in [5.74, 6) is -1.03. The lowest BCUT2D eigenvalue weighted by Gasteiger charge is -2.08. The number of allylic oxidation sites excluding steroid dienone is 1. The molecule has 0 heterocycles. The first-order valence-corrected chi connectivity index (χ1v) is 3.94. The maximum absolute atomic E-state index is 11.1. The van der Waals surface area contributed by atoms with Crippen molar-refractivity contribution in [2.75, 3.05) is 7.05 Å². The van der Waals surface area contributed by atoms with Gasteiger partial charge in [-0.2, -0.15) is 0 Å². The lowest BCUT2D eigenvalue weighted by atomic mass is 10.3. The van der Waals surface area contributed by atoms with Crippen molar-refractivity contribution in [3.63, 3.8) is 0 Å². The van der Waals surface area contributed by atoms with Gasteiger partial charge in [0.05, 0.1) is 0 Å². The van der Waals surface area contributed by atoms with E-state index in [4.69, 9.17) is 0 Å². The summed E-state index contributed by atoms with van der Waals surface area (Å²) < 4.78 is 0. The van der Waals surface area contributed by atoms with Gasteiger partial charge in [0.25, 0.3) is 5.91 Å². The van der Waals surface area contributed by atoms with Gasteiger partial charge in [-0.25, -0.2) is 0 Å². The standard InChI is InChI=1S/C8H14N2O3/c1-4-6(12)7(8(13)9-3)10-5(2)11/h12H,4H2,1-3H3,(H,9,13)(H,10,11)/b7-6-. The number of aliphatic hydroxyl groups is 1. The fourth-order valence-corrected chi connectivity index (χ4v) is 0.738. The Bertz CT molecular complexity index is 246. The van der Waals surface area contributed by atoms with E-state index in [1.165, 1.54) is 14.0 Å². The van der Waals surface area contributed by atoms with Crippen molar-refractivity contribution in [2.45, 2.75) is 20.3 Å². The minimum atomic E-state index is -0.505. The second-order valence-corrected chi connectivity index (χ2v) is 2.44. The monoisotopic (exact) mass is 186 g/mol. The van der Waals surface area contributed by atoms with Gasteiger partial charge in [-0.15, -0.1) is 0 Å². The van der Waals surface area contributed by atoms with Gasteiger partial charge in [0, 0.05) is 20.4 Å². The highest BCUT2D eigenvalue weighted by molar-refractivity contribution is 5.97. The lowest BCUT2D eigenvalue weighted by Crippen LogP contribution is -2.33. The van der Waals surface area contributed by atoms with Crippen LogP contribution in [0.2, 0.25) is 0 Å². The number of carbonyl (C=O) groups excluding carboxylic acids is 2. The molecule has 0 aliphatic carbocycles. The molecule has 0 aliphatic heterocycles. The zero-order valence-electron chi connectivity index (χ0n) is 7.97. The van der Waals surface area contributed by atoms with Gasteiger partial charge in [-0.1, -0.05) is 6.92 Å². The molecule has 0 radical (unpaired) electrons. The van der Waals surface area contributed by atoms with Crippen LogP contribution in [0.5, 0.6) is 0 Å². The summed E-state index contributed by atoms with van der Waals surface area (Å²) in [6, 6.07) is 0. The van der Waals surface area contributed by atoms with Crippen molar-refractivity contribution < 1.29 is 14.7 Å².